The zero-order chi connectivity index (χ0) is 19.2. The highest BCUT2D eigenvalue weighted by molar-refractivity contribution is 7.99. The monoisotopic (exact) mass is 414 g/mol. The van der Waals surface area contributed by atoms with Gasteiger partial charge in [0.15, 0.2) is 5.58 Å². The second-order valence-electron chi connectivity index (χ2n) is 6.61. The molecule has 1 fully saturated rings. The highest BCUT2D eigenvalue weighted by atomic mass is 32.2. The van der Waals surface area contributed by atoms with Gasteiger partial charge in [-0.15, -0.1) is 0 Å². The molecule has 1 N–H and O–H groups in total. The van der Waals surface area contributed by atoms with Crippen LogP contribution in [0.4, 0.5) is 5.69 Å². The van der Waals surface area contributed by atoms with Crippen molar-refractivity contribution in [3.8, 4) is 0 Å². The number of hydrogen-bond acceptors (Lipinski definition) is 6. The molecule has 146 valence electrons. The lowest BCUT2D eigenvalue weighted by Gasteiger charge is -2.21. The number of carbonyl (C=O) groups excluding carboxylic acids is 1. The van der Waals surface area contributed by atoms with Crippen LogP contribution < -0.4 is 5.32 Å². The van der Waals surface area contributed by atoms with Crippen LogP contribution in [0.5, 0.6) is 0 Å². The molecule has 0 unspecified atom stereocenters. The van der Waals surface area contributed by atoms with E-state index in [4.69, 9.17) is 9.15 Å². The molecule has 0 atom stereocenters. The zero-order valence-electron chi connectivity index (χ0n) is 15.4. The van der Waals surface area contributed by atoms with Gasteiger partial charge in [-0.1, -0.05) is 36.0 Å². The minimum Gasteiger partial charge on any atom is -0.431 e. The number of benzene rings is 2. The minimum atomic E-state index is -0.0681. The van der Waals surface area contributed by atoms with Gasteiger partial charge in [-0.2, -0.15) is 11.8 Å². The van der Waals surface area contributed by atoms with Gasteiger partial charge in [-0.3, -0.25) is 4.79 Å². The van der Waals surface area contributed by atoms with Crippen LogP contribution in [0.3, 0.4) is 0 Å². The van der Waals surface area contributed by atoms with Crippen LogP contribution in [-0.2, 0) is 15.3 Å². The number of rotatable bonds is 7. The van der Waals surface area contributed by atoms with Gasteiger partial charge in [0.2, 0.25) is 5.91 Å². The van der Waals surface area contributed by atoms with Crippen molar-refractivity contribution in [3.05, 3.63) is 54.1 Å². The molecule has 0 saturated carbocycles. The number of aromatic nitrogens is 1. The molecule has 2 heterocycles. The molecule has 2 aromatic carbocycles. The first-order valence-electron chi connectivity index (χ1n) is 9.33. The van der Waals surface area contributed by atoms with Crippen molar-refractivity contribution >= 4 is 46.2 Å². The lowest BCUT2D eigenvalue weighted by atomic mass is 10.2. The topological polar surface area (TPSA) is 64.4 Å². The van der Waals surface area contributed by atoms with E-state index in [1.165, 1.54) is 17.3 Å². The number of fused-ring (bicyclic) bond motifs is 1. The third kappa shape index (κ3) is 5.31. The summed E-state index contributed by atoms with van der Waals surface area (Å²) in [6, 6.07) is 15.7. The Morgan fingerprint density at radius 2 is 2.00 bits per heavy atom. The third-order valence-electron chi connectivity index (χ3n) is 4.47. The Labute approximate surface area is 172 Å². The average molecular weight is 415 g/mol. The summed E-state index contributed by atoms with van der Waals surface area (Å²) in [5, 5.41) is 4.14. The number of thioether (sulfide) groups is 2. The molecular formula is C21H22N2O3S2. The molecule has 1 aliphatic heterocycles. The normalized spacial score (nSPS) is 15.0. The van der Waals surface area contributed by atoms with Crippen molar-refractivity contribution in [2.75, 3.05) is 24.3 Å². The first kappa shape index (κ1) is 19.4. The fourth-order valence-electron chi connectivity index (χ4n) is 3.03. The van der Waals surface area contributed by atoms with Gasteiger partial charge in [0, 0.05) is 29.9 Å². The Bertz CT molecular complexity index is 905. The Morgan fingerprint density at radius 3 is 2.86 bits per heavy atom. The predicted octanol–water partition coefficient (Wildman–Crippen LogP) is 4.97. The summed E-state index contributed by atoms with van der Waals surface area (Å²) >= 11 is 3.27. The molecule has 0 bridgehead atoms. The van der Waals surface area contributed by atoms with Gasteiger partial charge in [0.1, 0.15) is 5.52 Å². The second-order valence-corrected chi connectivity index (χ2v) is 8.82. The second kappa shape index (κ2) is 9.49. The Kier molecular flexibility index (Phi) is 6.57. The summed E-state index contributed by atoms with van der Waals surface area (Å²) in [4.78, 5) is 16.7. The van der Waals surface area contributed by atoms with Gasteiger partial charge < -0.3 is 14.5 Å². The van der Waals surface area contributed by atoms with E-state index in [0.717, 1.165) is 48.6 Å². The van der Waals surface area contributed by atoms with Crippen molar-refractivity contribution in [1.29, 1.82) is 0 Å². The Morgan fingerprint density at radius 1 is 1.14 bits per heavy atom. The van der Waals surface area contributed by atoms with E-state index >= 15 is 0 Å². The highest BCUT2D eigenvalue weighted by Gasteiger charge is 2.14. The number of nitrogens with one attached hydrogen (secondary N) is 1. The third-order valence-corrected chi connectivity index (χ3v) is 6.74. The van der Waals surface area contributed by atoms with E-state index in [0.29, 0.717) is 10.5 Å². The van der Waals surface area contributed by atoms with Gasteiger partial charge in [-0.05, 0) is 42.7 Å². The summed E-state index contributed by atoms with van der Waals surface area (Å²) in [7, 11) is 0. The molecule has 0 radical (unpaired) electrons. The number of amides is 1. The van der Waals surface area contributed by atoms with E-state index in [1.807, 2.05) is 54.2 Å². The van der Waals surface area contributed by atoms with Crippen LogP contribution in [-0.4, -0.2) is 35.1 Å². The maximum absolute atomic E-state index is 12.3. The molecule has 0 spiro atoms. The van der Waals surface area contributed by atoms with Gasteiger partial charge in [0.05, 0.1) is 5.75 Å². The maximum atomic E-state index is 12.3. The fraction of sp³-hybridized carbons (Fsp3) is 0.333. The summed E-state index contributed by atoms with van der Waals surface area (Å²) < 4.78 is 11.1. The molecule has 1 aliphatic rings. The SMILES string of the molecule is O=C(CSc1nc2ccccc2o1)Nc1cccc(CSC2CCOCC2)c1. The molecule has 1 amide bonds. The van der Waals surface area contributed by atoms with E-state index in [-0.39, 0.29) is 11.7 Å². The Hall–Kier alpha value is -1.96. The van der Waals surface area contributed by atoms with Crippen molar-refractivity contribution < 1.29 is 13.9 Å². The van der Waals surface area contributed by atoms with Crippen LogP contribution in [0.2, 0.25) is 0 Å². The standard InChI is InChI=1S/C21H22N2O3S2/c24-20(14-28-21-23-18-6-1-2-7-19(18)26-21)22-16-5-3-4-15(12-16)13-27-17-8-10-25-11-9-17/h1-7,12,17H,8-11,13-14H2,(H,22,24). The van der Waals surface area contributed by atoms with Gasteiger partial charge in [0.25, 0.3) is 5.22 Å². The number of ether oxygens (including phenoxy) is 1. The van der Waals surface area contributed by atoms with Crippen LogP contribution >= 0.6 is 23.5 Å². The number of oxazole rings is 1. The predicted molar refractivity (Wildman–Crippen MR) is 115 cm³/mol. The molecular weight excluding hydrogens is 392 g/mol. The lowest BCUT2D eigenvalue weighted by Crippen LogP contribution is -2.17. The van der Waals surface area contributed by atoms with Crippen LogP contribution in [0.1, 0.15) is 18.4 Å². The molecule has 7 heteroatoms. The zero-order valence-corrected chi connectivity index (χ0v) is 17.1. The van der Waals surface area contributed by atoms with E-state index in [1.54, 1.807) is 0 Å². The summed E-state index contributed by atoms with van der Waals surface area (Å²) in [5.41, 5.74) is 3.59. The van der Waals surface area contributed by atoms with Crippen molar-refractivity contribution in [2.45, 2.75) is 29.1 Å². The largest absolute Gasteiger partial charge is 0.431 e. The number of nitrogens with zero attached hydrogens (tertiary/aromatic N) is 1. The van der Waals surface area contributed by atoms with Crippen molar-refractivity contribution in [2.24, 2.45) is 0 Å². The van der Waals surface area contributed by atoms with Crippen molar-refractivity contribution in [1.82, 2.24) is 4.98 Å². The Balaban J connectivity index is 1.27. The molecule has 5 nitrogen and oxygen atoms in total. The number of carbonyl (C=O) groups is 1. The highest BCUT2D eigenvalue weighted by Crippen LogP contribution is 2.27. The fourth-order valence-corrected chi connectivity index (χ4v) is 4.80. The van der Waals surface area contributed by atoms with Gasteiger partial charge >= 0.3 is 0 Å². The quantitative estimate of drug-likeness (QED) is 0.551. The molecule has 0 aliphatic carbocycles. The lowest BCUT2D eigenvalue weighted by molar-refractivity contribution is -0.113. The van der Waals surface area contributed by atoms with E-state index < -0.39 is 0 Å². The molecule has 1 aromatic heterocycles. The maximum Gasteiger partial charge on any atom is 0.257 e. The van der Waals surface area contributed by atoms with Crippen LogP contribution in [0.15, 0.2) is 58.2 Å². The summed E-state index contributed by atoms with van der Waals surface area (Å²) in [6.07, 6.45) is 2.24. The van der Waals surface area contributed by atoms with Crippen molar-refractivity contribution in [3.63, 3.8) is 0 Å². The van der Waals surface area contributed by atoms with Gasteiger partial charge in [-0.25, -0.2) is 4.98 Å². The summed E-state index contributed by atoms with van der Waals surface area (Å²) in [5.74, 6) is 1.14. The van der Waals surface area contributed by atoms with Crippen LogP contribution in [0, 0.1) is 0 Å². The molecule has 28 heavy (non-hydrogen) atoms. The molecule has 3 aromatic rings. The smallest absolute Gasteiger partial charge is 0.257 e. The van der Waals surface area contributed by atoms with Crippen LogP contribution in [0.25, 0.3) is 11.1 Å². The average Bonchev–Trinajstić information content (AvgIpc) is 3.15. The molecule has 1 saturated heterocycles. The molecule has 4 rings (SSSR count). The number of hydrogen-bond donors (Lipinski definition) is 1. The first-order valence-corrected chi connectivity index (χ1v) is 11.4. The minimum absolute atomic E-state index is 0.0681. The summed E-state index contributed by atoms with van der Waals surface area (Å²) in [6.45, 7) is 1.73. The first-order chi connectivity index (χ1) is 13.8. The number of anilines is 1. The van der Waals surface area contributed by atoms with E-state index in [9.17, 15) is 4.79 Å². The van der Waals surface area contributed by atoms with E-state index in [2.05, 4.69) is 16.4 Å². The number of para-hydroxylation sites is 2.